The van der Waals surface area contributed by atoms with Gasteiger partial charge in [-0.25, -0.2) is 4.98 Å². The summed E-state index contributed by atoms with van der Waals surface area (Å²) >= 11 is 6.30. The van der Waals surface area contributed by atoms with E-state index in [1.165, 1.54) is 0 Å². The number of pyridine rings is 1. The van der Waals surface area contributed by atoms with E-state index in [9.17, 15) is 0 Å². The highest BCUT2D eigenvalue weighted by Gasteiger charge is 2.08. The summed E-state index contributed by atoms with van der Waals surface area (Å²) in [5, 5.41) is 4.04. The molecule has 1 aromatic carbocycles. The molecule has 0 aliphatic rings. The molecule has 2 heterocycles. The first-order valence-corrected chi connectivity index (χ1v) is 6.63. The molecule has 0 unspecified atom stereocenters. The number of imidazole rings is 1. The van der Waals surface area contributed by atoms with Crippen molar-refractivity contribution in [3.05, 3.63) is 72.0 Å². The second-order valence-corrected chi connectivity index (χ2v) is 4.69. The fourth-order valence-electron chi connectivity index (χ4n) is 2.00. The van der Waals surface area contributed by atoms with E-state index in [-0.39, 0.29) is 0 Å². The van der Waals surface area contributed by atoms with Gasteiger partial charge in [-0.15, -0.1) is 0 Å². The topological polar surface area (TPSA) is 42.7 Å². The van der Waals surface area contributed by atoms with Crippen LogP contribution in [0.1, 0.15) is 5.69 Å². The van der Waals surface area contributed by atoms with Gasteiger partial charge in [0.2, 0.25) is 0 Å². The summed E-state index contributed by atoms with van der Waals surface area (Å²) in [6.07, 6.45) is 7.11. The zero-order chi connectivity index (χ0) is 13.8. The highest BCUT2D eigenvalue weighted by molar-refractivity contribution is 6.33. The van der Waals surface area contributed by atoms with E-state index in [1.807, 2.05) is 47.2 Å². The number of hydrogen-bond acceptors (Lipinski definition) is 3. The second-order valence-electron chi connectivity index (χ2n) is 4.28. The Morgan fingerprint density at radius 1 is 1.10 bits per heavy atom. The van der Waals surface area contributed by atoms with Gasteiger partial charge in [0.25, 0.3) is 0 Å². The van der Waals surface area contributed by atoms with Crippen molar-refractivity contribution in [1.29, 1.82) is 0 Å². The van der Waals surface area contributed by atoms with Gasteiger partial charge in [0.1, 0.15) is 0 Å². The van der Waals surface area contributed by atoms with Gasteiger partial charge in [-0.3, -0.25) is 4.98 Å². The van der Waals surface area contributed by atoms with Crippen molar-refractivity contribution in [1.82, 2.24) is 14.5 Å². The van der Waals surface area contributed by atoms with E-state index in [0.717, 1.165) is 17.1 Å². The Morgan fingerprint density at radius 3 is 2.80 bits per heavy atom. The normalized spacial score (nSPS) is 10.4. The largest absolute Gasteiger partial charge is 0.378 e. The molecule has 0 aliphatic heterocycles. The van der Waals surface area contributed by atoms with Crippen LogP contribution in [0.15, 0.2) is 61.3 Å². The average molecular weight is 285 g/mol. The number of para-hydroxylation sites is 1. The maximum absolute atomic E-state index is 6.30. The van der Waals surface area contributed by atoms with Crippen molar-refractivity contribution in [2.75, 3.05) is 5.32 Å². The van der Waals surface area contributed by atoms with Gasteiger partial charge in [0.15, 0.2) is 0 Å². The molecule has 0 aliphatic carbocycles. The van der Waals surface area contributed by atoms with Gasteiger partial charge in [-0.2, -0.15) is 0 Å². The van der Waals surface area contributed by atoms with Gasteiger partial charge in [0, 0.05) is 18.6 Å². The lowest BCUT2D eigenvalue weighted by Gasteiger charge is -2.13. The minimum Gasteiger partial charge on any atom is -0.378 e. The minimum absolute atomic E-state index is 0.642. The smallest absolute Gasteiger partial charge is 0.0992 e. The van der Waals surface area contributed by atoms with E-state index in [2.05, 4.69) is 15.3 Å². The number of rotatable bonds is 4. The summed E-state index contributed by atoms with van der Waals surface area (Å²) in [5.41, 5.74) is 2.81. The van der Waals surface area contributed by atoms with Crippen LogP contribution in [0.5, 0.6) is 0 Å². The van der Waals surface area contributed by atoms with E-state index in [0.29, 0.717) is 11.6 Å². The van der Waals surface area contributed by atoms with Crippen LogP contribution in [0.25, 0.3) is 5.69 Å². The number of nitrogens with one attached hydrogen (secondary N) is 1. The van der Waals surface area contributed by atoms with Crippen LogP contribution in [0.4, 0.5) is 5.69 Å². The summed E-state index contributed by atoms with van der Waals surface area (Å²) in [7, 11) is 0. The molecule has 0 atom stereocenters. The fourth-order valence-corrected chi connectivity index (χ4v) is 2.27. The number of hydrogen-bond donors (Lipinski definition) is 1. The fraction of sp³-hybridized carbons (Fsp3) is 0.0667. The summed E-state index contributed by atoms with van der Waals surface area (Å²) in [6.45, 7) is 0.642. The molecule has 3 aromatic rings. The highest BCUT2D eigenvalue weighted by Crippen LogP contribution is 2.28. The molecule has 0 amide bonds. The van der Waals surface area contributed by atoms with Crippen LogP contribution < -0.4 is 5.32 Å². The molecule has 100 valence electrons. The molecule has 0 spiro atoms. The first-order chi connectivity index (χ1) is 9.84. The standard InChI is InChI=1S/C15H13ClN4/c16-13-5-3-6-14(15(13)20-9-8-17-11-20)19-10-12-4-1-2-7-18-12/h1-9,11,19H,10H2. The van der Waals surface area contributed by atoms with Gasteiger partial charge < -0.3 is 9.88 Å². The van der Waals surface area contributed by atoms with Gasteiger partial charge in [-0.05, 0) is 24.3 Å². The maximum atomic E-state index is 6.30. The van der Waals surface area contributed by atoms with E-state index >= 15 is 0 Å². The molecule has 2 aromatic heterocycles. The summed E-state index contributed by atoms with van der Waals surface area (Å²) in [4.78, 5) is 8.36. The Kier molecular flexibility index (Phi) is 3.65. The summed E-state index contributed by atoms with van der Waals surface area (Å²) in [5.74, 6) is 0. The Bertz CT molecular complexity index is 680. The Morgan fingerprint density at radius 2 is 2.05 bits per heavy atom. The molecule has 0 radical (unpaired) electrons. The van der Waals surface area contributed by atoms with E-state index < -0.39 is 0 Å². The third-order valence-corrected chi connectivity index (χ3v) is 3.24. The maximum Gasteiger partial charge on any atom is 0.0992 e. The molecule has 0 bridgehead atoms. The van der Waals surface area contributed by atoms with Crippen LogP contribution in [0.3, 0.4) is 0 Å². The minimum atomic E-state index is 0.642. The van der Waals surface area contributed by atoms with E-state index in [1.54, 1.807) is 18.7 Å². The molecular weight excluding hydrogens is 272 g/mol. The first-order valence-electron chi connectivity index (χ1n) is 6.25. The average Bonchev–Trinajstić information content (AvgIpc) is 3.00. The quantitative estimate of drug-likeness (QED) is 0.797. The summed E-state index contributed by atoms with van der Waals surface area (Å²) in [6, 6.07) is 11.6. The monoisotopic (exact) mass is 284 g/mol. The van der Waals surface area contributed by atoms with Gasteiger partial charge in [-0.1, -0.05) is 23.7 Å². The Hall–Kier alpha value is -2.33. The van der Waals surface area contributed by atoms with Crippen LogP contribution in [0.2, 0.25) is 5.02 Å². The van der Waals surface area contributed by atoms with Crippen molar-refractivity contribution >= 4 is 17.3 Å². The molecule has 5 heteroatoms. The lowest BCUT2D eigenvalue weighted by atomic mass is 10.2. The molecule has 0 saturated carbocycles. The number of nitrogens with zero attached hydrogens (tertiary/aromatic N) is 3. The van der Waals surface area contributed by atoms with Gasteiger partial charge in [0.05, 0.1) is 35.0 Å². The molecule has 0 fully saturated rings. The number of aromatic nitrogens is 3. The predicted octanol–water partition coefficient (Wildman–Crippen LogP) is 3.53. The van der Waals surface area contributed by atoms with Crippen molar-refractivity contribution in [3.63, 3.8) is 0 Å². The molecular formula is C15H13ClN4. The van der Waals surface area contributed by atoms with Crippen molar-refractivity contribution in [2.24, 2.45) is 0 Å². The molecule has 0 saturated heterocycles. The number of benzene rings is 1. The third kappa shape index (κ3) is 2.65. The number of halogens is 1. The highest BCUT2D eigenvalue weighted by atomic mass is 35.5. The first kappa shape index (κ1) is 12.7. The lowest BCUT2D eigenvalue weighted by Crippen LogP contribution is -2.05. The molecule has 4 nitrogen and oxygen atoms in total. The molecule has 3 rings (SSSR count). The Labute approximate surface area is 122 Å². The third-order valence-electron chi connectivity index (χ3n) is 2.94. The van der Waals surface area contributed by atoms with Crippen molar-refractivity contribution in [3.8, 4) is 5.69 Å². The predicted molar refractivity (Wildman–Crippen MR) is 80.1 cm³/mol. The van der Waals surface area contributed by atoms with E-state index in [4.69, 9.17) is 11.6 Å². The summed E-state index contributed by atoms with van der Waals surface area (Å²) < 4.78 is 1.89. The van der Waals surface area contributed by atoms with Crippen molar-refractivity contribution < 1.29 is 0 Å². The van der Waals surface area contributed by atoms with Crippen LogP contribution in [-0.4, -0.2) is 14.5 Å². The molecule has 1 N–H and O–H groups in total. The zero-order valence-corrected chi connectivity index (χ0v) is 11.5. The second kappa shape index (κ2) is 5.75. The van der Waals surface area contributed by atoms with Crippen molar-refractivity contribution in [2.45, 2.75) is 6.54 Å². The van der Waals surface area contributed by atoms with Crippen LogP contribution in [0, 0.1) is 0 Å². The molecule has 20 heavy (non-hydrogen) atoms. The number of anilines is 1. The van der Waals surface area contributed by atoms with Gasteiger partial charge >= 0.3 is 0 Å². The zero-order valence-electron chi connectivity index (χ0n) is 10.7. The lowest BCUT2D eigenvalue weighted by molar-refractivity contribution is 1.02. The van der Waals surface area contributed by atoms with Crippen LogP contribution >= 0.6 is 11.6 Å². The van der Waals surface area contributed by atoms with Crippen LogP contribution in [-0.2, 0) is 6.54 Å². The Balaban J connectivity index is 1.88. The SMILES string of the molecule is Clc1cccc(NCc2ccccn2)c1-n1ccnc1.